The van der Waals surface area contributed by atoms with E-state index in [2.05, 4.69) is 15.5 Å². The van der Waals surface area contributed by atoms with Gasteiger partial charge in [-0.1, -0.05) is 0 Å². The van der Waals surface area contributed by atoms with Crippen molar-refractivity contribution in [2.24, 2.45) is 5.92 Å². The average Bonchev–Trinajstić information content (AvgIpc) is 3.15. The number of anilines is 2. The highest BCUT2D eigenvalue weighted by molar-refractivity contribution is 5.98. The summed E-state index contributed by atoms with van der Waals surface area (Å²) in [5, 5.41) is 5.67. The SMILES string of the molecule is O=C1COc2cc(C(=O)NCC3CCN(c4ccc(F)cc4)C3)ccc2N1. The van der Waals surface area contributed by atoms with Crippen LogP contribution in [0.2, 0.25) is 0 Å². The fourth-order valence-corrected chi connectivity index (χ4v) is 3.44. The molecule has 1 unspecified atom stereocenters. The molecule has 4 rings (SSSR count). The molecule has 1 fully saturated rings. The number of amides is 2. The Balaban J connectivity index is 1.32. The second-order valence-electron chi connectivity index (χ2n) is 6.83. The molecule has 0 aromatic heterocycles. The van der Waals surface area contributed by atoms with E-state index in [0.29, 0.717) is 29.5 Å². The summed E-state index contributed by atoms with van der Waals surface area (Å²) in [6.07, 6.45) is 0.969. The second-order valence-corrected chi connectivity index (χ2v) is 6.83. The quantitative estimate of drug-likeness (QED) is 0.868. The van der Waals surface area contributed by atoms with Crippen molar-refractivity contribution in [1.29, 1.82) is 0 Å². The Labute approximate surface area is 156 Å². The minimum atomic E-state index is -0.240. The third-order valence-electron chi connectivity index (χ3n) is 4.91. The average molecular weight is 369 g/mol. The monoisotopic (exact) mass is 369 g/mol. The molecule has 2 aromatic rings. The fourth-order valence-electron chi connectivity index (χ4n) is 3.44. The van der Waals surface area contributed by atoms with Crippen LogP contribution in [0.1, 0.15) is 16.8 Å². The number of carbonyl (C=O) groups excluding carboxylic acids is 2. The number of fused-ring (bicyclic) bond motifs is 1. The van der Waals surface area contributed by atoms with Gasteiger partial charge in [0, 0.05) is 30.9 Å². The van der Waals surface area contributed by atoms with Gasteiger partial charge in [0.1, 0.15) is 11.6 Å². The van der Waals surface area contributed by atoms with Gasteiger partial charge in [-0.2, -0.15) is 0 Å². The van der Waals surface area contributed by atoms with E-state index in [-0.39, 0.29) is 24.2 Å². The number of ether oxygens (including phenoxy) is 1. The van der Waals surface area contributed by atoms with Crippen LogP contribution < -0.4 is 20.3 Å². The molecule has 2 amide bonds. The van der Waals surface area contributed by atoms with Gasteiger partial charge in [-0.05, 0) is 54.8 Å². The minimum absolute atomic E-state index is 0.0423. The summed E-state index contributed by atoms with van der Waals surface area (Å²) in [5.41, 5.74) is 2.07. The summed E-state index contributed by atoms with van der Waals surface area (Å²) in [6.45, 7) is 2.24. The van der Waals surface area contributed by atoms with Crippen molar-refractivity contribution in [1.82, 2.24) is 5.32 Å². The van der Waals surface area contributed by atoms with Crippen molar-refractivity contribution in [3.63, 3.8) is 0 Å². The first-order valence-corrected chi connectivity index (χ1v) is 8.94. The normalized spacial score (nSPS) is 18.5. The molecule has 2 N–H and O–H groups in total. The van der Waals surface area contributed by atoms with Gasteiger partial charge in [0.25, 0.3) is 11.8 Å². The summed E-state index contributed by atoms with van der Waals surface area (Å²) in [5.74, 6) is 0.235. The molecule has 1 saturated heterocycles. The molecule has 2 aliphatic rings. The molecule has 0 spiro atoms. The smallest absolute Gasteiger partial charge is 0.262 e. The lowest BCUT2D eigenvalue weighted by Gasteiger charge is -2.19. The predicted molar refractivity (Wildman–Crippen MR) is 99.6 cm³/mol. The first kappa shape index (κ1) is 17.3. The standard InChI is InChI=1S/C20H20FN3O3/c21-15-2-4-16(5-3-15)24-8-7-13(11-24)10-22-20(26)14-1-6-17-18(9-14)27-12-19(25)23-17/h1-6,9,13H,7-8,10-12H2,(H,22,26)(H,23,25). The Hall–Kier alpha value is -3.09. The Morgan fingerprint density at radius 1 is 1.26 bits per heavy atom. The van der Waals surface area contributed by atoms with Gasteiger partial charge in [0.05, 0.1) is 5.69 Å². The number of carbonyl (C=O) groups is 2. The van der Waals surface area contributed by atoms with Crippen molar-refractivity contribution in [2.45, 2.75) is 6.42 Å². The highest BCUT2D eigenvalue weighted by Gasteiger charge is 2.24. The van der Waals surface area contributed by atoms with Crippen LogP contribution in [-0.4, -0.2) is 38.1 Å². The van der Waals surface area contributed by atoms with Crippen LogP contribution in [0.3, 0.4) is 0 Å². The molecule has 0 saturated carbocycles. The van der Waals surface area contributed by atoms with Gasteiger partial charge in [-0.3, -0.25) is 9.59 Å². The number of hydrogen-bond donors (Lipinski definition) is 2. The van der Waals surface area contributed by atoms with Crippen molar-refractivity contribution >= 4 is 23.2 Å². The van der Waals surface area contributed by atoms with E-state index >= 15 is 0 Å². The van der Waals surface area contributed by atoms with Crippen LogP contribution in [0.5, 0.6) is 5.75 Å². The van der Waals surface area contributed by atoms with E-state index in [9.17, 15) is 14.0 Å². The van der Waals surface area contributed by atoms with E-state index in [1.807, 2.05) is 0 Å². The highest BCUT2D eigenvalue weighted by atomic mass is 19.1. The Kier molecular flexibility index (Phi) is 4.66. The molecule has 6 nitrogen and oxygen atoms in total. The predicted octanol–water partition coefficient (Wildman–Crippen LogP) is 2.41. The van der Waals surface area contributed by atoms with E-state index < -0.39 is 0 Å². The zero-order valence-electron chi connectivity index (χ0n) is 14.7. The largest absolute Gasteiger partial charge is 0.482 e. The molecule has 2 aromatic carbocycles. The number of hydrogen-bond acceptors (Lipinski definition) is 4. The summed E-state index contributed by atoms with van der Waals surface area (Å²) in [7, 11) is 0. The maximum Gasteiger partial charge on any atom is 0.262 e. The van der Waals surface area contributed by atoms with Crippen molar-refractivity contribution in [2.75, 3.05) is 36.5 Å². The zero-order chi connectivity index (χ0) is 18.8. The Morgan fingerprint density at radius 3 is 2.89 bits per heavy atom. The molecule has 0 aliphatic carbocycles. The lowest BCUT2D eigenvalue weighted by atomic mass is 10.1. The van der Waals surface area contributed by atoms with Crippen LogP contribution in [0.4, 0.5) is 15.8 Å². The van der Waals surface area contributed by atoms with E-state index in [1.54, 1.807) is 30.3 Å². The number of rotatable bonds is 4. The summed E-state index contributed by atoms with van der Waals surface area (Å²) < 4.78 is 18.4. The minimum Gasteiger partial charge on any atom is -0.482 e. The molecule has 1 atom stereocenters. The molecule has 27 heavy (non-hydrogen) atoms. The molecule has 2 heterocycles. The maximum absolute atomic E-state index is 13.1. The first-order valence-electron chi connectivity index (χ1n) is 8.94. The number of nitrogens with one attached hydrogen (secondary N) is 2. The van der Waals surface area contributed by atoms with E-state index in [1.165, 1.54) is 12.1 Å². The maximum atomic E-state index is 13.1. The van der Waals surface area contributed by atoms with Gasteiger partial charge in [0.15, 0.2) is 6.61 Å². The molecular formula is C20H20FN3O3. The van der Waals surface area contributed by atoms with Crippen LogP contribution >= 0.6 is 0 Å². The third-order valence-corrected chi connectivity index (χ3v) is 4.91. The lowest BCUT2D eigenvalue weighted by molar-refractivity contribution is -0.118. The van der Waals surface area contributed by atoms with Gasteiger partial charge < -0.3 is 20.3 Å². The molecule has 0 radical (unpaired) electrons. The van der Waals surface area contributed by atoms with Crippen LogP contribution in [0, 0.1) is 11.7 Å². The Morgan fingerprint density at radius 2 is 2.07 bits per heavy atom. The van der Waals surface area contributed by atoms with Crippen molar-refractivity contribution < 1.29 is 18.7 Å². The van der Waals surface area contributed by atoms with Crippen LogP contribution in [-0.2, 0) is 4.79 Å². The topological polar surface area (TPSA) is 70.7 Å². The third kappa shape index (κ3) is 3.86. The van der Waals surface area contributed by atoms with Gasteiger partial charge >= 0.3 is 0 Å². The lowest BCUT2D eigenvalue weighted by Crippen LogP contribution is -2.31. The summed E-state index contributed by atoms with van der Waals surface area (Å²) in [4.78, 5) is 25.9. The van der Waals surface area contributed by atoms with Gasteiger partial charge in [-0.25, -0.2) is 4.39 Å². The number of benzene rings is 2. The number of nitrogens with zero attached hydrogens (tertiary/aromatic N) is 1. The van der Waals surface area contributed by atoms with Gasteiger partial charge in [0.2, 0.25) is 0 Å². The highest BCUT2D eigenvalue weighted by Crippen LogP contribution is 2.28. The Bertz CT molecular complexity index is 869. The van der Waals surface area contributed by atoms with Crippen LogP contribution in [0.25, 0.3) is 0 Å². The molecule has 2 aliphatic heterocycles. The molecule has 7 heteroatoms. The van der Waals surface area contributed by atoms with Crippen LogP contribution in [0.15, 0.2) is 42.5 Å². The molecule has 0 bridgehead atoms. The fraction of sp³-hybridized carbons (Fsp3) is 0.300. The first-order chi connectivity index (χ1) is 13.1. The number of halogens is 1. The summed E-state index contributed by atoms with van der Waals surface area (Å²) >= 11 is 0. The summed E-state index contributed by atoms with van der Waals surface area (Å²) in [6, 6.07) is 11.5. The van der Waals surface area contributed by atoms with Gasteiger partial charge in [-0.15, -0.1) is 0 Å². The molecular weight excluding hydrogens is 349 g/mol. The second kappa shape index (κ2) is 7.26. The van der Waals surface area contributed by atoms with Crippen molar-refractivity contribution in [3.05, 3.63) is 53.8 Å². The van der Waals surface area contributed by atoms with Crippen molar-refractivity contribution in [3.8, 4) is 5.75 Å². The van der Waals surface area contributed by atoms with E-state index in [4.69, 9.17) is 4.74 Å². The zero-order valence-corrected chi connectivity index (χ0v) is 14.7. The molecule has 140 valence electrons. The van der Waals surface area contributed by atoms with E-state index in [0.717, 1.165) is 25.2 Å².